The van der Waals surface area contributed by atoms with Gasteiger partial charge in [-0.3, -0.25) is 4.79 Å². The molecule has 1 aliphatic rings. The van der Waals surface area contributed by atoms with Crippen molar-refractivity contribution >= 4 is 17.4 Å². The summed E-state index contributed by atoms with van der Waals surface area (Å²) in [7, 11) is 0. The number of benzene rings is 1. The smallest absolute Gasteiger partial charge is 0.165 e. The van der Waals surface area contributed by atoms with Crippen molar-refractivity contribution in [2.75, 3.05) is 0 Å². The highest BCUT2D eigenvalue weighted by atomic mass is 35.5. The molecule has 0 aromatic heterocycles. The fraction of sp³-hybridized carbons (Fsp3) is 0.417. The first-order valence-electron chi connectivity index (χ1n) is 5.05. The van der Waals surface area contributed by atoms with Crippen LogP contribution in [0.1, 0.15) is 35.7 Å². The summed E-state index contributed by atoms with van der Waals surface area (Å²) >= 11 is 6.05. The van der Waals surface area contributed by atoms with E-state index in [-0.39, 0.29) is 11.7 Å². The molecule has 14 heavy (non-hydrogen) atoms. The number of ketones is 1. The first-order valence-corrected chi connectivity index (χ1v) is 5.42. The zero-order valence-electron chi connectivity index (χ0n) is 8.22. The van der Waals surface area contributed by atoms with Crippen molar-refractivity contribution in [3.63, 3.8) is 0 Å². The van der Waals surface area contributed by atoms with Gasteiger partial charge in [0, 0.05) is 16.5 Å². The van der Waals surface area contributed by atoms with Crippen LogP contribution in [0.25, 0.3) is 0 Å². The minimum Gasteiger partial charge on any atom is -0.294 e. The predicted molar refractivity (Wildman–Crippen MR) is 57.9 cm³/mol. The zero-order chi connectivity index (χ0) is 10.1. The van der Waals surface area contributed by atoms with Crippen LogP contribution in [0.5, 0.6) is 0 Å². The summed E-state index contributed by atoms with van der Waals surface area (Å²) in [6, 6.07) is 5.66. The first-order chi connectivity index (χ1) is 6.72. The van der Waals surface area contributed by atoms with E-state index in [0.717, 1.165) is 35.4 Å². The topological polar surface area (TPSA) is 17.1 Å². The Balaban J connectivity index is 2.27. The van der Waals surface area contributed by atoms with Crippen molar-refractivity contribution < 1.29 is 4.79 Å². The normalized spacial score (nSPS) is 15.6. The maximum absolute atomic E-state index is 11.7. The maximum Gasteiger partial charge on any atom is 0.165 e. The molecule has 1 nitrogen and oxygen atoms in total. The summed E-state index contributed by atoms with van der Waals surface area (Å²) in [6.45, 7) is 2.06. The molecule has 0 bridgehead atoms. The van der Waals surface area contributed by atoms with Crippen molar-refractivity contribution in [3.05, 3.63) is 34.3 Å². The van der Waals surface area contributed by atoms with Crippen LogP contribution in [0, 0.1) is 5.92 Å². The minimum atomic E-state index is 0.259. The SMILES string of the molecule is CCc1ccc(C(=O)C2CC2)cc1Cl. The Hall–Kier alpha value is -0.820. The van der Waals surface area contributed by atoms with Gasteiger partial charge in [-0.2, -0.15) is 0 Å². The van der Waals surface area contributed by atoms with E-state index in [0.29, 0.717) is 0 Å². The molecule has 1 fully saturated rings. The molecule has 1 aromatic rings. The van der Waals surface area contributed by atoms with Crippen LogP contribution in [0.15, 0.2) is 18.2 Å². The Morgan fingerprint density at radius 3 is 2.71 bits per heavy atom. The summed E-state index contributed by atoms with van der Waals surface area (Å²) in [4.78, 5) is 11.7. The zero-order valence-corrected chi connectivity index (χ0v) is 8.97. The van der Waals surface area contributed by atoms with Crippen molar-refractivity contribution in [2.24, 2.45) is 5.92 Å². The van der Waals surface area contributed by atoms with Crippen molar-refractivity contribution in [3.8, 4) is 0 Å². The lowest BCUT2D eigenvalue weighted by molar-refractivity contribution is 0.0967. The Labute approximate surface area is 89.1 Å². The number of hydrogen-bond donors (Lipinski definition) is 0. The predicted octanol–water partition coefficient (Wildman–Crippen LogP) is 3.50. The number of aryl methyl sites for hydroxylation is 1. The van der Waals surface area contributed by atoms with E-state index in [4.69, 9.17) is 11.6 Å². The molecular weight excluding hydrogens is 196 g/mol. The second kappa shape index (κ2) is 3.74. The summed E-state index contributed by atoms with van der Waals surface area (Å²) in [5.74, 6) is 0.535. The molecule has 0 heterocycles. The van der Waals surface area contributed by atoms with Crippen LogP contribution in [-0.2, 0) is 6.42 Å². The average molecular weight is 209 g/mol. The second-order valence-electron chi connectivity index (χ2n) is 3.80. The van der Waals surface area contributed by atoms with Gasteiger partial charge in [0.25, 0.3) is 0 Å². The van der Waals surface area contributed by atoms with Gasteiger partial charge in [0.1, 0.15) is 0 Å². The minimum absolute atomic E-state index is 0.259. The van der Waals surface area contributed by atoms with Gasteiger partial charge < -0.3 is 0 Å². The van der Waals surface area contributed by atoms with E-state index in [1.165, 1.54) is 0 Å². The largest absolute Gasteiger partial charge is 0.294 e. The number of halogens is 1. The molecule has 0 spiro atoms. The molecule has 1 aliphatic carbocycles. The lowest BCUT2D eigenvalue weighted by Crippen LogP contribution is -2.01. The summed E-state index contributed by atoms with van der Waals surface area (Å²) in [6.07, 6.45) is 3.01. The van der Waals surface area contributed by atoms with Gasteiger partial charge >= 0.3 is 0 Å². The average Bonchev–Trinajstić information content (AvgIpc) is 3.00. The van der Waals surface area contributed by atoms with Crippen LogP contribution in [-0.4, -0.2) is 5.78 Å². The van der Waals surface area contributed by atoms with E-state index >= 15 is 0 Å². The lowest BCUT2D eigenvalue weighted by atomic mass is 10.0. The molecule has 0 atom stereocenters. The third kappa shape index (κ3) is 1.83. The molecule has 0 amide bonds. The molecule has 1 aromatic carbocycles. The van der Waals surface area contributed by atoms with Gasteiger partial charge in [0.05, 0.1) is 0 Å². The third-order valence-corrected chi connectivity index (χ3v) is 3.02. The van der Waals surface area contributed by atoms with Gasteiger partial charge in [-0.25, -0.2) is 0 Å². The Kier molecular flexibility index (Phi) is 2.60. The van der Waals surface area contributed by atoms with E-state index in [1.807, 2.05) is 12.1 Å². The molecule has 0 aliphatic heterocycles. The van der Waals surface area contributed by atoms with Gasteiger partial charge in [-0.15, -0.1) is 0 Å². The molecule has 0 saturated heterocycles. The van der Waals surface area contributed by atoms with Crippen LogP contribution >= 0.6 is 11.6 Å². The Morgan fingerprint density at radius 2 is 2.21 bits per heavy atom. The lowest BCUT2D eigenvalue weighted by Gasteiger charge is -2.03. The molecule has 2 heteroatoms. The first kappa shape index (κ1) is 9.72. The number of hydrogen-bond acceptors (Lipinski definition) is 1. The molecule has 0 radical (unpaired) electrons. The van der Waals surface area contributed by atoms with Gasteiger partial charge in [-0.05, 0) is 30.9 Å². The molecule has 1 saturated carbocycles. The number of carbonyl (C=O) groups is 1. The molecule has 74 valence electrons. The molecular formula is C12H13ClO. The molecule has 2 rings (SSSR count). The quantitative estimate of drug-likeness (QED) is 0.695. The fourth-order valence-corrected chi connectivity index (χ4v) is 1.88. The number of carbonyl (C=O) groups excluding carboxylic acids is 1. The van der Waals surface area contributed by atoms with E-state index < -0.39 is 0 Å². The second-order valence-corrected chi connectivity index (χ2v) is 4.21. The van der Waals surface area contributed by atoms with Gasteiger partial charge in [0.15, 0.2) is 5.78 Å². The fourth-order valence-electron chi connectivity index (χ4n) is 1.57. The monoisotopic (exact) mass is 208 g/mol. The standard InChI is InChI=1S/C12H13ClO/c1-2-8-3-6-10(7-11(8)13)12(14)9-4-5-9/h3,6-7,9H,2,4-5H2,1H3. The van der Waals surface area contributed by atoms with Crippen LogP contribution in [0.3, 0.4) is 0 Å². The van der Waals surface area contributed by atoms with Gasteiger partial charge in [0.2, 0.25) is 0 Å². The van der Waals surface area contributed by atoms with E-state index in [2.05, 4.69) is 6.92 Å². The highest BCUT2D eigenvalue weighted by molar-refractivity contribution is 6.31. The Morgan fingerprint density at radius 1 is 1.50 bits per heavy atom. The van der Waals surface area contributed by atoms with Crippen LogP contribution in [0.4, 0.5) is 0 Å². The summed E-state index contributed by atoms with van der Waals surface area (Å²) in [5, 5.41) is 0.721. The van der Waals surface area contributed by atoms with Crippen molar-refractivity contribution in [1.29, 1.82) is 0 Å². The number of Topliss-reactive ketones (excluding diaryl/α,β-unsaturated/α-hetero) is 1. The van der Waals surface area contributed by atoms with Crippen molar-refractivity contribution in [2.45, 2.75) is 26.2 Å². The van der Waals surface area contributed by atoms with Gasteiger partial charge in [-0.1, -0.05) is 30.7 Å². The number of rotatable bonds is 3. The Bertz CT molecular complexity index is 367. The summed E-state index contributed by atoms with van der Waals surface area (Å²) in [5.41, 5.74) is 1.88. The van der Waals surface area contributed by atoms with E-state index in [9.17, 15) is 4.79 Å². The third-order valence-electron chi connectivity index (χ3n) is 2.67. The van der Waals surface area contributed by atoms with Crippen LogP contribution < -0.4 is 0 Å². The molecule has 0 N–H and O–H groups in total. The maximum atomic E-state index is 11.7. The highest BCUT2D eigenvalue weighted by Gasteiger charge is 2.30. The van der Waals surface area contributed by atoms with E-state index in [1.54, 1.807) is 6.07 Å². The van der Waals surface area contributed by atoms with Crippen LogP contribution in [0.2, 0.25) is 5.02 Å². The van der Waals surface area contributed by atoms with Crippen molar-refractivity contribution in [1.82, 2.24) is 0 Å². The highest BCUT2D eigenvalue weighted by Crippen LogP contribution is 2.33. The summed E-state index contributed by atoms with van der Waals surface area (Å²) < 4.78 is 0. The molecule has 0 unspecified atom stereocenters.